The maximum Gasteiger partial charge on any atom is 0.158 e. The van der Waals surface area contributed by atoms with E-state index in [9.17, 15) is 0 Å². The summed E-state index contributed by atoms with van der Waals surface area (Å²) in [5.74, 6) is 0.662. The number of likely N-dealkylation sites (tertiary alicyclic amines) is 1. The van der Waals surface area contributed by atoms with Crippen LogP contribution in [0.5, 0.6) is 0 Å². The molecule has 3 heterocycles. The molecule has 25 heavy (non-hydrogen) atoms. The molecule has 1 fully saturated rings. The smallest absolute Gasteiger partial charge is 0.158 e. The van der Waals surface area contributed by atoms with Gasteiger partial charge in [-0.3, -0.25) is 4.90 Å². The average Bonchev–Trinajstić information content (AvgIpc) is 2.93. The van der Waals surface area contributed by atoms with Gasteiger partial charge in [-0.1, -0.05) is 23.7 Å². The summed E-state index contributed by atoms with van der Waals surface area (Å²) >= 11 is 5.99. The second kappa shape index (κ2) is 7.14. The van der Waals surface area contributed by atoms with Gasteiger partial charge in [0.25, 0.3) is 0 Å². The zero-order valence-corrected chi connectivity index (χ0v) is 15.3. The summed E-state index contributed by atoms with van der Waals surface area (Å²) in [6, 6.07) is 10.1. The van der Waals surface area contributed by atoms with E-state index in [0.717, 1.165) is 35.9 Å². The first-order chi connectivity index (χ1) is 12.2. The second-order valence-corrected chi connectivity index (χ2v) is 7.46. The molecule has 0 aliphatic carbocycles. The van der Waals surface area contributed by atoms with E-state index in [1.807, 2.05) is 35.1 Å². The molecular weight excluding hydrogens is 332 g/mol. The fourth-order valence-corrected chi connectivity index (χ4v) is 4.01. The van der Waals surface area contributed by atoms with Crippen LogP contribution >= 0.6 is 11.6 Å². The summed E-state index contributed by atoms with van der Waals surface area (Å²) in [5, 5.41) is 5.40. The van der Waals surface area contributed by atoms with E-state index in [1.165, 1.54) is 30.5 Å². The topological polar surface area (TPSA) is 33.4 Å². The van der Waals surface area contributed by atoms with Crippen molar-refractivity contribution in [1.29, 1.82) is 0 Å². The largest absolute Gasteiger partial charge is 0.299 e. The number of hydrogen-bond donors (Lipinski definition) is 0. The second-order valence-electron chi connectivity index (χ2n) is 7.03. The average molecular weight is 355 g/mol. The Morgan fingerprint density at radius 3 is 2.92 bits per heavy atom. The fourth-order valence-electron chi connectivity index (χ4n) is 3.88. The highest BCUT2D eigenvalue weighted by molar-refractivity contribution is 6.30. The molecule has 0 N–H and O–H groups in total. The van der Waals surface area contributed by atoms with Crippen molar-refractivity contribution in [1.82, 2.24) is 19.5 Å². The minimum atomic E-state index is 0.662. The van der Waals surface area contributed by atoms with Crippen LogP contribution in [0.4, 0.5) is 0 Å². The maximum atomic E-state index is 5.99. The fraction of sp³-hybridized carbons (Fsp3) is 0.400. The number of benzene rings is 1. The lowest BCUT2D eigenvalue weighted by Gasteiger charge is -2.32. The number of fused-ring (bicyclic) bond motifs is 1. The van der Waals surface area contributed by atoms with Crippen molar-refractivity contribution in [3.63, 3.8) is 0 Å². The van der Waals surface area contributed by atoms with Crippen LogP contribution in [0, 0.1) is 12.8 Å². The lowest BCUT2D eigenvalue weighted by molar-refractivity contribution is 0.167. The van der Waals surface area contributed by atoms with Crippen molar-refractivity contribution in [3.05, 3.63) is 64.6 Å². The van der Waals surface area contributed by atoms with Gasteiger partial charge in [-0.2, -0.15) is 5.10 Å². The van der Waals surface area contributed by atoms with Gasteiger partial charge in [0.05, 0.1) is 5.69 Å². The van der Waals surface area contributed by atoms with Gasteiger partial charge in [-0.05, 0) is 62.4 Å². The van der Waals surface area contributed by atoms with Crippen LogP contribution in [0.1, 0.15) is 29.7 Å². The molecule has 5 heteroatoms. The normalized spacial score (nSPS) is 18.7. The summed E-state index contributed by atoms with van der Waals surface area (Å²) in [5.41, 5.74) is 4.75. The Morgan fingerprint density at radius 2 is 2.08 bits per heavy atom. The molecule has 130 valence electrons. The third kappa shape index (κ3) is 3.70. The van der Waals surface area contributed by atoms with Gasteiger partial charge in [0.15, 0.2) is 5.65 Å². The minimum Gasteiger partial charge on any atom is -0.299 e. The van der Waals surface area contributed by atoms with E-state index in [-0.39, 0.29) is 0 Å². The summed E-state index contributed by atoms with van der Waals surface area (Å²) < 4.78 is 1.90. The van der Waals surface area contributed by atoms with Crippen LogP contribution in [0.2, 0.25) is 5.02 Å². The summed E-state index contributed by atoms with van der Waals surface area (Å²) in [6.07, 6.45) is 7.42. The minimum absolute atomic E-state index is 0.662. The third-order valence-corrected chi connectivity index (χ3v) is 5.36. The number of rotatable bonds is 4. The van der Waals surface area contributed by atoms with E-state index >= 15 is 0 Å². The molecule has 1 atom stereocenters. The number of hydrogen-bond acceptors (Lipinski definition) is 3. The summed E-state index contributed by atoms with van der Waals surface area (Å²) in [7, 11) is 0. The summed E-state index contributed by atoms with van der Waals surface area (Å²) in [4.78, 5) is 7.10. The quantitative estimate of drug-likeness (QED) is 0.705. The van der Waals surface area contributed by atoms with E-state index in [0.29, 0.717) is 5.92 Å². The first-order valence-corrected chi connectivity index (χ1v) is 9.32. The van der Waals surface area contributed by atoms with Gasteiger partial charge >= 0.3 is 0 Å². The molecule has 2 aromatic heterocycles. The molecule has 0 spiro atoms. The highest BCUT2D eigenvalue weighted by atomic mass is 35.5. The highest BCUT2D eigenvalue weighted by Crippen LogP contribution is 2.25. The van der Waals surface area contributed by atoms with Crippen molar-refractivity contribution in [3.8, 4) is 0 Å². The van der Waals surface area contributed by atoms with Gasteiger partial charge in [0, 0.05) is 36.1 Å². The summed E-state index contributed by atoms with van der Waals surface area (Å²) in [6.45, 7) is 5.40. The molecule has 4 nitrogen and oxygen atoms in total. The van der Waals surface area contributed by atoms with Crippen LogP contribution < -0.4 is 0 Å². The molecule has 1 aliphatic heterocycles. The predicted molar refractivity (Wildman–Crippen MR) is 101 cm³/mol. The third-order valence-electron chi connectivity index (χ3n) is 5.11. The monoisotopic (exact) mass is 354 g/mol. The molecule has 4 rings (SSSR count). The van der Waals surface area contributed by atoms with E-state index < -0.39 is 0 Å². The van der Waals surface area contributed by atoms with Crippen molar-refractivity contribution >= 4 is 17.2 Å². The molecule has 0 amide bonds. The Hall–Kier alpha value is -1.91. The molecule has 1 saturated heterocycles. The van der Waals surface area contributed by atoms with E-state index in [4.69, 9.17) is 11.6 Å². The molecule has 3 aromatic rings. The standard InChI is InChI=1S/C20H23ClN4/c1-15-19(20-22-9-3-11-25(20)23-15)12-17-4-2-10-24(14-17)13-16-5-7-18(21)8-6-16/h3,5-9,11,17H,2,4,10,12-14H2,1H3. The molecule has 0 radical (unpaired) electrons. The Labute approximate surface area is 153 Å². The van der Waals surface area contributed by atoms with Crippen LogP contribution in [-0.2, 0) is 13.0 Å². The van der Waals surface area contributed by atoms with Crippen molar-refractivity contribution in [2.24, 2.45) is 5.92 Å². The van der Waals surface area contributed by atoms with Crippen molar-refractivity contribution in [2.45, 2.75) is 32.7 Å². The first kappa shape index (κ1) is 16.6. The van der Waals surface area contributed by atoms with E-state index in [1.54, 1.807) is 0 Å². The van der Waals surface area contributed by atoms with Crippen LogP contribution in [0.3, 0.4) is 0 Å². The van der Waals surface area contributed by atoms with Gasteiger partial charge in [-0.25, -0.2) is 9.50 Å². The van der Waals surface area contributed by atoms with Crippen LogP contribution in [-0.4, -0.2) is 32.6 Å². The Kier molecular flexibility index (Phi) is 4.73. The lowest BCUT2D eigenvalue weighted by atomic mass is 9.91. The Balaban J connectivity index is 1.46. The van der Waals surface area contributed by atoms with Gasteiger partial charge in [-0.15, -0.1) is 0 Å². The zero-order valence-electron chi connectivity index (χ0n) is 14.5. The molecule has 1 unspecified atom stereocenters. The van der Waals surface area contributed by atoms with E-state index in [2.05, 4.69) is 34.0 Å². The molecule has 0 bridgehead atoms. The first-order valence-electron chi connectivity index (χ1n) is 8.94. The highest BCUT2D eigenvalue weighted by Gasteiger charge is 2.23. The SMILES string of the molecule is Cc1nn2cccnc2c1CC1CCCN(Cc2ccc(Cl)cc2)C1. The number of aromatic nitrogens is 3. The van der Waals surface area contributed by atoms with Crippen molar-refractivity contribution in [2.75, 3.05) is 13.1 Å². The zero-order chi connectivity index (χ0) is 17.2. The number of piperidine rings is 1. The predicted octanol–water partition coefficient (Wildman–Crippen LogP) is 4.15. The van der Waals surface area contributed by atoms with Gasteiger partial charge < -0.3 is 0 Å². The van der Waals surface area contributed by atoms with Crippen molar-refractivity contribution < 1.29 is 0 Å². The Bertz CT molecular complexity index is 856. The number of halogens is 1. The molecule has 0 saturated carbocycles. The molecule has 1 aromatic carbocycles. The van der Waals surface area contributed by atoms with Crippen LogP contribution in [0.15, 0.2) is 42.7 Å². The molecular formula is C20H23ClN4. The van der Waals surface area contributed by atoms with Gasteiger partial charge in [0.2, 0.25) is 0 Å². The van der Waals surface area contributed by atoms with Gasteiger partial charge in [0.1, 0.15) is 0 Å². The number of aryl methyl sites for hydroxylation is 1. The number of nitrogens with zero attached hydrogens (tertiary/aromatic N) is 4. The maximum absolute atomic E-state index is 5.99. The molecule has 1 aliphatic rings. The lowest BCUT2D eigenvalue weighted by Crippen LogP contribution is -2.35. The van der Waals surface area contributed by atoms with Crippen LogP contribution in [0.25, 0.3) is 5.65 Å². The Morgan fingerprint density at radius 1 is 1.24 bits per heavy atom.